The highest BCUT2D eigenvalue weighted by molar-refractivity contribution is 7.80. The zero-order chi connectivity index (χ0) is 10.6. The summed E-state index contributed by atoms with van der Waals surface area (Å²) in [6.07, 6.45) is 0. The second kappa shape index (κ2) is 5.17. The van der Waals surface area contributed by atoms with Crippen LogP contribution in [0.1, 0.15) is 18.5 Å². The molecule has 0 saturated heterocycles. The van der Waals surface area contributed by atoms with E-state index in [1.54, 1.807) is 7.05 Å². The van der Waals surface area contributed by atoms with E-state index in [4.69, 9.17) is 23.8 Å². The number of benzene rings is 1. The maximum Gasteiger partial charge on any atom is 0.166 e. The third kappa shape index (κ3) is 3.16. The summed E-state index contributed by atoms with van der Waals surface area (Å²) in [6.45, 7) is 2.05. The number of thiocarbonyl (C=S) groups is 1. The van der Waals surface area contributed by atoms with Crippen LogP contribution in [0.2, 0.25) is 5.02 Å². The minimum atomic E-state index is 0.187. The summed E-state index contributed by atoms with van der Waals surface area (Å²) in [7, 11) is 1.80. The van der Waals surface area contributed by atoms with Gasteiger partial charge in [-0.1, -0.05) is 23.7 Å². The molecule has 76 valence electrons. The molecule has 0 fully saturated rings. The van der Waals surface area contributed by atoms with Crippen LogP contribution in [0.4, 0.5) is 0 Å². The van der Waals surface area contributed by atoms with Crippen molar-refractivity contribution in [1.29, 1.82) is 0 Å². The molecule has 1 rings (SSSR count). The highest BCUT2D eigenvalue weighted by Crippen LogP contribution is 2.15. The molecule has 0 aliphatic rings. The number of rotatable bonds is 2. The molecule has 1 aromatic carbocycles. The Morgan fingerprint density at radius 1 is 1.36 bits per heavy atom. The lowest BCUT2D eigenvalue weighted by Gasteiger charge is -2.15. The minimum absolute atomic E-state index is 0.187. The van der Waals surface area contributed by atoms with E-state index in [-0.39, 0.29) is 6.04 Å². The molecule has 2 N–H and O–H groups in total. The van der Waals surface area contributed by atoms with Gasteiger partial charge in [0.25, 0.3) is 0 Å². The van der Waals surface area contributed by atoms with Crippen LogP contribution in [0.3, 0.4) is 0 Å². The van der Waals surface area contributed by atoms with Gasteiger partial charge in [-0.3, -0.25) is 0 Å². The monoisotopic (exact) mass is 228 g/mol. The molecule has 1 aromatic rings. The van der Waals surface area contributed by atoms with E-state index in [0.717, 1.165) is 10.6 Å². The second-order valence-corrected chi connectivity index (χ2v) is 3.84. The summed E-state index contributed by atoms with van der Waals surface area (Å²) in [5, 5.41) is 7.41. The standard InChI is InChI=1S/C10H13ClN2S/c1-7(13-10(14)12-2)8-3-5-9(11)6-4-8/h3-7H,1-2H3,(H2,12,13,14)/t7-/m1/s1. The first-order valence-corrected chi connectivity index (χ1v) is 5.16. The molecule has 0 saturated carbocycles. The smallest absolute Gasteiger partial charge is 0.166 e. The van der Waals surface area contributed by atoms with Crippen molar-refractivity contribution >= 4 is 28.9 Å². The maximum absolute atomic E-state index is 5.79. The summed E-state index contributed by atoms with van der Waals surface area (Å²) >= 11 is 10.8. The first-order valence-electron chi connectivity index (χ1n) is 4.37. The molecule has 0 aromatic heterocycles. The van der Waals surface area contributed by atoms with Crippen molar-refractivity contribution < 1.29 is 0 Å². The van der Waals surface area contributed by atoms with E-state index in [0.29, 0.717) is 5.11 Å². The van der Waals surface area contributed by atoms with Crippen LogP contribution >= 0.6 is 23.8 Å². The fourth-order valence-corrected chi connectivity index (χ4v) is 1.41. The largest absolute Gasteiger partial charge is 0.366 e. The lowest BCUT2D eigenvalue weighted by Crippen LogP contribution is -2.34. The van der Waals surface area contributed by atoms with Crippen LogP contribution in [0.25, 0.3) is 0 Å². The molecule has 0 bridgehead atoms. The third-order valence-corrected chi connectivity index (χ3v) is 2.52. The van der Waals surface area contributed by atoms with Gasteiger partial charge in [0.05, 0.1) is 6.04 Å². The number of halogens is 1. The summed E-state index contributed by atoms with van der Waals surface area (Å²) in [5.41, 5.74) is 1.16. The average Bonchev–Trinajstić information content (AvgIpc) is 2.18. The van der Waals surface area contributed by atoms with Gasteiger partial charge in [0.1, 0.15) is 0 Å². The van der Waals surface area contributed by atoms with E-state index in [2.05, 4.69) is 10.6 Å². The van der Waals surface area contributed by atoms with Gasteiger partial charge in [-0.25, -0.2) is 0 Å². The molecule has 0 unspecified atom stereocenters. The van der Waals surface area contributed by atoms with Crippen LogP contribution < -0.4 is 10.6 Å². The van der Waals surface area contributed by atoms with E-state index in [1.165, 1.54) is 0 Å². The Balaban J connectivity index is 2.65. The van der Waals surface area contributed by atoms with Crippen molar-refractivity contribution in [3.63, 3.8) is 0 Å². The SMILES string of the molecule is CNC(=S)N[C@H](C)c1ccc(Cl)cc1. The maximum atomic E-state index is 5.79. The van der Waals surface area contributed by atoms with E-state index >= 15 is 0 Å². The second-order valence-electron chi connectivity index (χ2n) is 3.00. The number of hydrogen-bond donors (Lipinski definition) is 2. The van der Waals surface area contributed by atoms with Crippen LogP contribution in [-0.4, -0.2) is 12.2 Å². The fourth-order valence-electron chi connectivity index (χ4n) is 1.10. The van der Waals surface area contributed by atoms with Crippen molar-refractivity contribution in [2.24, 2.45) is 0 Å². The molecule has 0 radical (unpaired) electrons. The van der Waals surface area contributed by atoms with Crippen LogP contribution in [-0.2, 0) is 0 Å². The number of hydrogen-bond acceptors (Lipinski definition) is 1. The predicted molar refractivity (Wildman–Crippen MR) is 64.7 cm³/mol. The first-order chi connectivity index (χ1) is 6.63. The fraction of sp³-hybridized carbons (Fsp3) is 0.300. The zero-order valence-corrected chi connectivity index (χ0v) is 9.75. The molecule has 0 amide bonds. The third-order valence-electron chi connectivity index (χ3n) is 1.94. The highest BCUT2D eigenvalue weighted by atomic mass is 35.5. The van der Waals surface area contributed by atoms with E-state index < -0.39 is 0 Å². The summed E-state index contributed by atoms with van der Waals surface area (Å²) < 4.78 is 0. The Morgan fingerprint density at radius 2 is 1.93 bits per heavy atom. The van der Waals surface area contributed by atoms with Gasteiger partial charge in [-0.2, -0.15) is 0 Å². The molecule has 0 spiro atoms. The van der Waals surface area contributed by atoms with Crippen LogP contribution in [0.5, 0.6) is 0 Å². The number of nitrogens with one attached hydrogen (secondary N) is 2. The summed E-state index contributed by atoms with van der Waals surface area (Å²) in [6, 6.07) is 7.90. The minimum Gasteiger partial charge on any atom is -0.366 e. The van der Waals surface area contributed by atoms with Gasteiger partial charge < -0.3 is 10.6 Å². The molecule has 1 atom stereocenters. The molecule has 0 heterocycles. The van der Waals surface area contributed by atoms with Gasteiger partial charge in [0, 0.05) is 12.1 Å². The van der Waals surface area contributed by atoms with Gasteiger partial charge in [0.2, 0.25) is 0 Å². The molecule has 0 aliphatic carbocycles. The molecule has 0 aliphatic heterocycles. The van der Waals surface area contributed by atoms with Crippen molar-refractivity contribution in [2.75, 3.05) is 7.05 Å². The van der Waals surface area contributed by atoms with Crippen LogP contribution in [0, 0.1) is 0 Å². The Bertz CT molecular complexity index is 310. The van der Waals surface area contributed by atoms with E-state index in [9.17, 15) is 0 Å². The molecular formula is C10H13ClN2S. The van der Waals surface area contributed by atoms with Gasteiger partial charge in [0.15, 0.2) is 5.11 Å². The quantitative estimate of drug-likeness (QED) is 0.761. The predicted octanol–water partition coefficient (Wildman–Crippen LogP) is 2.49. The Kier molecular flexibility index (Phi) is 4.17. The van der Waals surface area contributed by atoms with Crippen molar-refractivity contribution in [3.8, 4) is 0 Å². The molecule has 14 heavy (non-hydrogen) atoms. The zero-order valence-electron chi connectivity index (χ0n) is 8.17. The Hall–Kier alpha value is -0.800. The van der Waals surface area contributed by atoms with Crippen molar-refractivity contribution in [3.05, 3.63) is 34.9 Å². The molecule has 2 nitrogen and oxygen atoms in total. The van der Waals surface area contributed by atoms with E-state index in [1.807, 2.05) is 31.2 Å². The topological polar surface area (TPSA) is 24.1 Å². The van der Waals surface area contributed by atoms with Gasteiger partial charge >= 0.3 is 0 Å². The van der Waals surface area contributed by atoms with Gasteiger partial charge in [-0.15, -0.1) is 0 Å². The lowest BCUT2D eigenvalue weighted by molar-refractivity contribution is 0.709. The summed E-state index contributed by atoms with van der Waals surface area (Å²) in [4.78, 5) is 0. The average molecular weight is 229 g/mol. The van der Waals surface area contributed by atoms with Crippen molar-refractivity contribution in [1.82, 2.24) is 10.6 Å². The normalized spacial score (nSPS) is 11.9. The highest BCUT2D eigenvalue weighted by Gasteiger charge is 2.05. The van der Waals surface area contributed by atoms with Crippen LogP contribution in [0.15, 0.2) is 24.3 Å². The first kappa shape index (κ1) is 11.3. The Labute approximate surface area is 94.7 Å². The molecular weight excluding hydrogens is 216 g/mol. The lowest BCUT2D eigenvalue weighted by atomic mass is 10.1. The van der Waals surface area contributed by atoms with Gasteiger partial charge in [-0.05, 0) is 36.8 Å². The Morgan fingerprint density at radius 3 is 2.43 bits per heavy atom. The van der Waals surface area contributed by atoms with Crippen molar-refractivity contribution in [2.45, 2.75) is 13.0 Å². The molecule has 4 heteroatoms. The summed E-state index contributed by atoms with van der Waals surface area (Å²) in [5.74, 6) is 0.